The van der Waals surface area contributed by atoms with E-state index in [-0.39, 0.29) is 0 Å². The highest BCUT2D eigenvalue weighted by Gasteiger charge is 2.42. The van der Waals surface area contributed by atoms with Crippen LogP contribution < -0.4 is 5.32 Å². The molecule has 1 aromatic rings. The average molecular weight is 331 g/mol. The quantitative estimate of drug-likeness (QED) is 0.655. The predicted molar refractivity (Wildman–Crippen MR) is 96.2 cm³/mol. The van der Waals surface area contributed by atoms with E-state index in [1.165, 1.54) is 5.56 Å². The van der Waals surface area contributed by atoms with Gasteiger partial charge >= 0.3 is 0 Å². The highest BCUT2D eigenvalue weighted by atomic mass is 16.5. The Kier molecular flexibility index (Phi) is 5.41. The molecule has 1 spiro atoms. The number of aliphatic hydroxyl groups is 1. The minimum Gasteiger partial charge on any atom is -0.386 e. The smallest absolute Gasteiger partial charge is 0.194 e. The van der Waals surface area contributed by atoms with Crippen molar-refractivity contribution in [3.63, 3.8) is 0 Å². The normalized spacial score (nSPS) is 25.5. The number of hydrogen-bond donors (Lipinski definition) is 2. The third kappa shape index (κ3) is 3.90. The standard InChI is InChI=1S/C19H29N3O2/c1-3-20-18(22-10-8-19(13-22)9-11-24-14-19)21-12-17(23)16-6-4-15(2)5-7-16/h4-7,17,23H,3,8-14H2,1-2H3,(H,20,21). The molecule has 2 saturated heterocycles. The van der Waals surface area contributed by atoms with E-state index in [2.05, 4.69) is 22.1 Å². The van der Waals surface area contributed by atoms with Gasteiger partial charge in [0.25, 0.3) is 0 Å². The number of aryl methyl sites for hydroxylation is 1. The Hall–Kier alpha value is -1.59. The fourth-order valence-corrected chi connectivity index (χ4v) is 3.58. The van der Waals surface area contributed by atoms with Crippen molar-refractivity contribution in [3.8, 4) is 0 Å². The summed E-state index contributed by atoms with van der Waals surface area (Å²) in [6.45, 7) is 9.10. The summed E-state index contributed by atoms with van der Waals surface area (Å²) >= 11 is 0. The maximum Gasteiger partial charge on any atom is 0.194 e. The SMILES string of the molecule is CCNC(=NCC(O)c1ccc(C)cc1)N1CCC2(CCOC2)C1. The molecule has 132 valence electrons. The van der Waals surface area contributed by atoms with E-state index in [4.69, 9.17) is 4.74 Å². The van der Waals surface area contributed by atoms with Gasteiger partial charge in [-0.15, -0.1) is 0 Å². The predicted octanol–water partition coefficient (Wildman–Crippen LogP) is 2.11. The van der Waals surface area contributed by atoms with E-state index in [1.807, 2.05) is 31.2 Å². The minimum absolute atomic E-state index is 0.311. The summed E-state index contributed by atoms with van der Waals surface area (Å²) in [6.07, 6.45) is 1.75. The number of rotatable bonds is 4. The second-order valence-electron chi connectivity index (χ2n) is 7.10. The third-order valence-electron chi connectivity index (χ3n) is 5.13. The number of nitrogens with one attached hydrogen (secondary N) is 1. The third-order valence-corrected chi connectivity index (χ3v) is 5.13. The lowest BCUT2D eigenvalue weighted by molar-refractivity contribution is 0.156. The number of guanidine groups is 1. The fourth-order valence-electron chi connectivity index (χ4n) is 3.58. The molecule has 2 atom stereocenters. The van der Waals surface area contributed by atoms with Crippen molar-refractivity contribution in [1.29, 1.82) is 0 Å². The van der Waals surface area contributed by atoms with Crippen LogP contribution in [-0.2, 0) is 4.74 Å². The minimum atomic E-state index is -0.564. The van der Waals surface area contributed by atoms with Gasteiger partial charge in [0.15, 0.2) is 5.96 Å². The molecular formula is C19H29N3O2. The molecule has 2 N–H and O–H groups in total. The van der Waals surface area contributed by atoms with Crippen molar-refractivity contribution in [2.45, 2.75) is 32.8 Å². The Morgan fingerprint density at radius 2 is 2.17 bits per heavy atom. The second-order valence-corrected chi connectivity index (χ2v) is 7.10. The lowest BCUT2D eigenvalue weighted by Crippen LogP contribution is -2.41. The fraction of sp³-hybridized carbons (Fsp3) is 0.632. The molecule has 5 heteroatoms. The molecular weight excluding hydrogens is 302 g/mol. The maximum absolute atomic E-state index is 10.4. The van der Waals surface area contributed by atoms with Gasteiger partial charge < -0.3 is 20.1 Å². The molecule has 5 nitrogen and oxygen atoms in total. The first-order valence-electron chi connectivity index (χ1n) is 8.97. The number of likely N-dealkylation sites (tertiary alicyclic amines) is 1. The zero-order valence-electron chi connectivity index (χ0n) is 14.8. The van der Waals surface area contributed by atoms with E-state index in [9.17, 15) is 5.11 Å². The number of ether oxygens (including phenoxy) is 1. The van der Waals surface area contributed by atoms with E-state index in [0.717, 1.165) is 57.2 Å². The molecule has 2 unspecified atom stereocenters. The van der Waals surface area contributed by atoms with Crippen molar-refractivity contribution in [1.82, 2.24) is 10.2 Å². The second kappa shape index (κ2) is 7.53. The van der Waals surface area contributed by atoms with E-state index in [1.54, 1.807) is 0 Å². The average Bonchev–Trinajstić information content (AvgIpc) is 3.22. The Bertz CT molecular complexity index is 564. The van der Waals surface area contributed by atoms with Crippen LogP contribution in [0.4, 0.5) is 0 Å². The first-order chi connectivity index (χ1) is 11.6. The van der Waals surface area contributed by atoms with Crippen molar-refractivity contribution in [2.24, 2.45) is 10.4 Å². The van der Waals surface area contributed by atoms with Crippen LogP contribution in [0.15, 0.2) is 29.3 Å². The van der Waals surface area contributed by atoms with E-state index < -0.39 is 6.10 Å². The van der Waals surface area contributed by atoms with Crippen molar-refractivity contribution in [3.05, 3.63) is 35.4 Å². The lowest BCUT2D eigenvalue weighted by Gasteiger charge is -2.25. The van der Waals surface area contributed by atoms with Crippen molar-refractivity contribution >= 4 is 5.96 Å². The Morgan fingerprint density at radius 1 is 1.38 bits per heavy atom. The first kappa shape index (κ1) is 17.2. The molecule has 3 rings (SSSR count). The number of benzene rings is 1. The molecule has 1 aromatic carbocycles. The van der Waals surface area contributed by atoms with Crippen LogP contribution in [0.25, 0.3) is 0 Å². The van der Waals surface area contributed by atoms with Gasteiger partial charge in [-0.2, -0.15) is 0 Å². The number of aliphatic imine (C=N–C) groups is 1. The summed E-state index contributed by atoms with van der Waals surface area (Å²) in [4.78, 5) is 7.01. The monoisotopic (exact) mass is 331 g/mol. The summed E-state index contributed by atoms with van der Waals surface area (Å²) in [5, 5.41) is 13.8. The van der Waals surface area contributed by atoms with Crippen LogP contribution in [0.1, 0.15) is 37.0 Å². The highest BCUT2D eigenvalue weighted by molar-refractivity contribution is 5.80. The Labute approximate surface area is 144 Å². The van der Waals surface area contributed by atoms with Crippen molar-refractivity contribution in [2.75, 3.05) is 39.4 Å². The maximum atomic E-state index is 10.4. The highest BCUT2D eigenvalue weighted by Crippen LogP contribution is 2.38. The Balaban J connectivity index is 1.64. The number of hydrogen-bond acceptors (Lipinski definition) is 3. The van der Waals surface area contributed by atoms with Gasteiger partial charge in [-0.05, 0) is 32.3 Å². The summed E-state index contributed by atoms with van der Waals surface area (Å²) in [5.74, 6) is 0.910. The molecule has 0 amide bonds. The van der Waals surface area contributed by atoms with Gasteiger partial charge in [0, 0.05) is 31.7 Å². The molecule has 0 bridgehead atoms. The van der Waals surface area contributed by atoms with Crippen LogP contribution in [0.2, 0.25) is 0 Å². The molecule has 0 aliphatic carbocycles. The van der Waals surface area contributed by atoms with Crippen LogP contribution >= 0.6 is 0 Å². The van der Waals surface area contributed by atoms with Gasteiger partial charge in [0.05, 0.1) is 19.3 Å². The first-order valence-corrected chi connectivity index (χ1v) is 8.97. The molecule has 24 heavy (non-hydrogen) atoms. The molecule has 2 heterocycles. The zero-order chi connectivity index (χ0) is 17.0. The molecule has 0 radical (unpaired) electrons. The van der Waals surface area contributed by atoms with Gasteiger partial charge in [0.2, 0.25) is 0 Å². The lowest BCUT2D eigenvalue weighted by atomic mass is 9.87. The summed E-state index contributed by atoms with van der Waals surface area (Å²) in [6, 6.07) is 8.00. The number of nitrogens with zero attached hydrogens (tertiary/aromatic N) is 2. The largest absolute Gasteiger partial charge is 0.386 e. The Morgan fingerprint density at radius 3 is 2.83 bits per heavy atom. The van der Waals surface area contributed by atoms with Crippen LogP contribution in [0, 0.1) is 12.3 Å². The zero-order valence-corrected chi connectivity index (χ0v) is 14.8. The van der Waals surface area contributed by atoms with Gasteiger partial charge in [-0.25, -0.2) is 0 Å². The topological polar surface area (TPSA) is 57.1 Å². The van der Waals surface area contributed by atoms with Gasteiger partial charge in [-0.1, -0.05) is 29.8 Å². The van der Waals surface area contributed by atoms with E-state index >= 15 is 0 Å². The van der Waals surface area contributed by atoms with Crippen molar-refractivity contribution < 1.29 is 9.84 Å². The van der Waals surface area contributed by atoms with Crippen LogP contribution in [0.3, 0.4) is 0 Å². The van der Waals surface area contributed by atoms with Crippen LogP contribution in [-0.4, -0.2) is 55.4 Å². The van der Waals surface area contributed by atoms with Gasteiger partial charge in [-0.3, -0.25) is 4.99 Å². The summed E-state index contributed by atoms with van der Waals surface area (Å²) in [7, 11) is 0. The number of aliphatic hydroxyl groups excluding tert-OH is 1. The molecule has 0 aromatic heterocycles. The molecule has 2 fully saturated rings. The molecule has 0 saturated carbocycles. The summed E-state index contributed by atoms with van der Waals surface area (Å²) < 4.78 is 5.61. The van der Waals surface area contributed by atoms with Crippen LogP contribution in [0.5, 0.6) is 0 Å². The molecule has 2 aliphatic heterocycles. The van der Waals surface area contributed by atoms with Gasteiger partial charge in [0.1, 0.15) is 0 Å². The van der Waals surface area contributed by atoms with E-state index in [0.29, 0.717) is 12.0 Å². The summed E-state index contributed by atoms with van der Waals surface area (Å²) in [5.41, 5.74) is 2.43. The molecule has 2 aliphatic rings.